The van der Waals surface area contributed by atoms with Gasteiger partial charge in [0.05, 0.1) is 13.2 Å². The Morgan fingerprint density at radius 1 is 1.45 bits per heavy atom. The van der Waals surface area contributed by atoms with Gasteiger partial charge in [-0.3, -0.25) is 14.5 Å². The summed E-state index contributed by atoms with van der Waals surface area (Å²) < 4.78 is 5.01. The Hall–Kier alpha value is -2.60. The molecule has 1 aromatic rings. The standard InChI is InChI=1S/C18H21N3O7S/c1-28-6-10-7-29-17-13(16(25)21(17)14(10)18(26)27)20-15(24)12(19)8-2-3-9(5-22)11(23)4-8/h2-4,12-13,17,22-23H,5-7,19H2,1H3,(H,20,24)(H,26,27)/t12-,13?,17-/m1/s1. The molecule has 3 rings (SSSR count). The number of carboxylic acids is 1. The molecule has 0 radical (unpaired) electrons. The van der Waals surface area contributed by atoms with E-state index < -0.39 is 35.2 Å². The molecule has 10 nitrogen and oxygen atoms in total. The first-order valence-electron chi connectivity index (χ1n) is 8.67. The molecule has 0 bridgehead atoms. The van der Waals surface area contributed by atoms with E-state index in [4.69, 9.17) is 15.6 Å². The number of aromatic hydroxyl groups is 1. The van der Waals surface area contributed by atoms with Gasteiger partial charge in [-0.05, 0) is 17.2 Å². The lowest BCUT2D eigenvalue weighted by Crippen LogP contribution is -2.71. The predicted molar refractivity (Wildman–Crippen MR) is 103 cm³/mol. The molecule has 1 fully saturated rings. The molecule has 0 saturated carbocycles. The van der Waals surface area contributed by atoms with Crippen LogP contribution < -0.4 is 11.1 Å². The highest BCUT2D eigenvalue weighted by Crippen LogP contribution is 2.40. The lowest BCUT2D eigenvalue weighted by Gasteiger charge is -2.49. The zero-order chi connectivity index (χ0) is 21.3. The quantitative estimate of drug-likeness (QED) is 0.356. The van der Waals surface area contributed by atoms with Crippen molar-refractivity contribution in [2.24, 2.45) is 5.73 Å². The van der Waals surface area contributed by atoms with Gasteiger partial charge in [-0.1, -0.05) is 12.1 Å². The van der Waals surface area contributed by atoms with Crippen LogP contribution in [0.25, 0.3) is 0 Å². The third kappa shape index (κ3) is 3.81. The van der Waals surface area contributed by atoms with E-state index in [2.05, 4.69) is 5.32 Å². The number of methoxy groups -OCH3 is 1. The van der Waals surface area contributed by atoms with Gasteiger partial charge in [-0.2, -0.15) is 0 Å². The van der Waals surface area contributed by atoms with Crippen LogP contribution in [0.3, 0.4) is 0 Å². The molecule has 0 aliphatic carbocycles. The van der Waals surface area contributed by atoms with Crippen molar-refractivity contribution < 1.29 is 34.4 Å². The number of amides is 2. The van der Waals surface area contributed by atoms with Gasteiger partial charge >= 0.3 is 5.97 Å². The average Bonchev–Trinajstić information content (AvgIpc) is 2.70. The Morgan fingerprint density at radius 2 is 2.17 bits per heavy atom. The third-order valence-corrected chi connectivity index (χ3v) is 6.13. The summed E-state index contributed by atoms with van der Waals surface area (Å²) in [4.78, 5) is 37.8. The second-order valence-electron chi connectivity index (χ2n) is 6.61. The number of carbonyl (C=O) groups excluding carboxylic acids is 2. The number of benzene rings is 1. The number of nitrogens with two attached hydrogens (primary N) is 1. The van der Waals surface area contributed by atoms with Crippen LogP contribution in [-0.4, -0.2) is 68.9 Å². The normalized spacial score (nSPS) is 22.0. The summed E-state index contributed by atoms with van der Waals surface area (Å²) >= 11 is 1.33. The van der Waals surface area contributed by atoms with E-state index in [1.165, 1.54) is 37.1 Å². The highest BCUT2D eigenvalue weighted by molar-refractivity contribution is 8.00. The minimum absolute atomic E-state index is 0.0976. The first kappa shape index (κ1) is 21.1. The van der Waals surface area contributed by atoms with Gasteiger partial charge in [-0.15, -0.1) is 11.8 Å². The number of hydrogen-bond acceptors (Lipinski definition) is 8. The number of thioether (sulfide) groups is 1. The molecular formula is C18H21N3O7S. The summed E-state index contributed by atoms with van der Waals surface area (Å²) in [6.07, 6.45) is 0. The van der Waals surface area contributed by atoms with Crippen LogP contribution in [0, 0.1) is 0 Å². The largest absolute Gasteiger partial charge is 0.508 e. The Morgan fingerprint density at radius 3 is 2.76 bits per heavy atom. The number of hydrogen-bond donors (Lipinski definition) is 5. The summed E-state index contributed by atoms with van der Waals surface area (Å²) in [5.74, 6) is -2.23. The molecule has 1 aromatic carbocycles. The molecule has 1 unspecified atom stereocenters. The number of rotatable bonds is 7. The summed E-state index contributed by atoms with van der Waals surface area (Å²) in [5, 5.41) is 30.4. The first-order chi connectivity index (χ1) is 13.8. The molecule has 6 N–H and O–H groups in total. The number of fused-ring (bicyclic) bond motifs is 1. The molecule has 0 spiro atoms. The van der Waals surface area contributed by atoms with E-state index >= 15 is 0 Å². The van der Waals surface area contributed by atoms with Gasteiger partial charge < -0.3 is 31.1 Å². The van der Waals surface area contributed by atoms with E-state index in [0.29, 0.717) is 22.5 Å². The van der Waals surface area contributed by atoms with Crippen LogP contribution in [0.5, 0.6) is 5.75 Å². The van der Waals surface area contributed by atoms with Gasteiger partial charge in [0.2, 0.25) is 5.91 Å². The van der Waals surface area contributed by atoms with Crippen molar-refractivity contribution in [2.75, 3.05) is 19.5 Å². The minimum atomic E-state index is -1.23. The van der Waals surface area contributed by atoms with Gasteiger partial charge in [0.25, 0.3) is 5.91 Å². The number of phenols is 1. The van der Waals surface area contributed by atoms with Crippen LogP contribution in [0.15, 0.2) is 29.5 Å². The van der Waals surface area contributed by atoms with Crippen LogP contribution in [0.4, 0.5) is 0 Å². The fourth-order valence-electron chi connectivity index (χ4n) is 3.27. The molecule has 11 heteroatoms. The molecule has 1 saturated heterocycles. The Kier molecular flexibility index (Phi) is 6.13. The van der Waals surface area contributed by atoms with Crippen molar-refractivity contribution in [1.29, 1.82) is 0 Å². The number of carboxylic acid groups (broad SMARTS) is 1. The lowest BCUT2D eigenvalue weighted by molar-refractivity contribution is -0.151. The van der Waals surface area contributed by atoms with Crippen molar-refractivity contribution in [3.63, 3.8) is 0 Å². The van der Waals surface area contributed by atoms with Crippen molar-refractivity contribution in [2.45, 2.75) is 24.1 Å². The predicted octanol–water partition coefficient (Wildman–Crippen LogP) is -0.731. The zero-order valence-electron chi connectivity index (χ0n) is 15.5. The number of aliphatic carboxylic acids is 1. The highest BCUT2D eigenvalue weighted by atomic mass is 32.2. The molecule has 156 valence electrons. The van der Waals surface area contributed by atoms with E-state index in [1.54, 1.807) is 0 Å². The summed E-state index contributed by atoms with van der Waals surface area (Å²) in [6.45, 7) is -0.260. The lowest BCUT2D eigenvalue weighted by atomic mass is 10.0. The number of nitrogens with one attached hydrogen (secondary N) is 1. The van der Waals surface area contributed by atoms with E-state index in [1.807, 2.05) is 0 Å². The van der Waals surface area contributed by atoms with Gasteiger partial charge in [0, 0.05) is 18.4 Å². The Labute approximate surface area is 170 Å². The second kappa shape index (κ2) is 8.41. The van der Waals surface area contributed by atoms with Crippen LogP contribution in [-0.2, 0) is 25.7 Å². The SMILES string of the molecule is COCC1=C(C(=O)O)N2C(=O)C(NC(=O)[C@H](N)c3ccc(CO)c(O)c3)[C@H]2SC1. The summed E-state index contributed by atoms with van der Waals surface area (Å²) in [6, 6.07) is 2.18. The monoisotopic (exact) mass is 423 g/mol. The number of aliphatic hydroxyl groups excluding tert-OH is 1. The van der Waals surface area contributed by atoms with Crippen molar-refractivity contribution in [3.8, 4) is 5.75 Å². The fraction of sp³-hybridized carbons (Fsp3) is 0.389. The highest BCUT2D eigenvalue weighted by Gasteiger charge is 2.54. The molecule has 2 aliphatic heterocycles. The molecule has 2 aliphatic rings. The number of β-lactam (4-membered cyclic amide) rings is 1. The Bertz CT molecular complexity index is 888. The second-order valence-corrected chi connectivity index (χ2v) is 7.72. The maximum absolute atomic E-state index is 12.5. The number of carbonyl (C=O) groups is 3. The number of nitrogens with zero attached hydrogens (tertiary/aromatic N) is 1. The Balaban J connectivity index is 1.72. The van der Waals surface area contributed by atoms with Crippen LogP contribution in [0.1, 0.15) is 17.2 Å². The van der Waals surface area contributed by atoms with Gasteiger partial charge in [0.1, 0.15) is 28.9 Å². The number of ether oxygens (including phenoxy) is 1. The summed E-state index contributed by atoms with van der Waals surface area (Å²) in [7, 11) is 1.44. The van der Waals surface area contributed by atoms with E-state index in [9.17, 15) is 24.6 Å². The smallest absolute Gasteiger partial charge is 0.352 e. The molecule has 29 heavy (non-hydrogen) atoms. The molecule has 2 amide bonds. The van der Waals surface area contributed by atoms with E-state index in [0.717, 1.165) is 4.90 Å². The maximum Gasteiger partial charge on any atom is 0.352 e. The van der Waals surface area contributed by atoms with Crippen molar-refractivity contribution in [3.05, 3.63) is 40.6 Å². The zero-order valence-corrected chi connectivity index (χ0v) is 16.3. The van der Waals surface area contributed by atoms with Crippen LogP contribution in [0.2, 0.25) is 0 Å². The molecular weight excluding hydrogens is 402 g/mol. The molecule has 3 atom stereocenters. The molecule has 0 aromatic heterocycles. The van der Waals surface area contributed by atoms with Gasteiger partial charge in [0.15, 0.2) is 0 Å². The molecule has 2 heterocycles. The van der Waals surface area contributed by atoms with Gasteiger partial charge in [-0.25, -0.2) is 4.79 Å². The first-order valence-corrected chi connectivity index (χ1v) is 9.72. The number of aliphatic hydroxyl groups is 1. The minimum Gasteiger partial charge on any atom is -0.508 e. The van der Waals surface area contributed by atoms with E-state index in [-0.39, 0.29) is 24.7 Å². The average molecular weight is 423 g/mol. The van der Waals surface area contributed by atoms with Crippen molar-refractivity contribution >= 4 is 29.5 Å². The third-order valence-electron chi connectivity index (χ3n) is 4.79. The summed E-state index contributed by atoms with van der Waals surface area (Å²) in [5.41, 5.74) is 6.93. The topological polar surface area (TPSA) is 162 Å². The fourth-order valence-corrected chi connectivity index (χ4v) is 4.60. The maximum atomic E-state index is 12.5. The van der Waals surface area contributed by atoms with Crippen molar-refractivity contribution in [1.82, 2.24) is 10.2 Å². The van der Waals surface area contributed by atoms with Crippen LogP contribution >= 0.6 is 11.8 Å².